The van der Waals surface area contributed by atoms with Crippen molar-refractivity contribution in [2.75, 3.05) is 6.61 Å². The van der Waals surface area contributed by atoms with Crippen molar-refractivity contribution in [1.29, 1.82) is 0 Å². The Morgan fingerprint density at radius 1 is 1.00 bits per heavy atom. The molecule has 0 amide bonds. The average molecular weight is 260 g/mol. The van der Waals surface area contributed by atoms with E-state index in [4.69, 9.17) is 9.79 Å². The van der Waals surface area contributed by atoms with Gasteiger partial charge in [0.15, 0.2) is 11.6 Å². The van der Waals surface area contributed by atoms with Crippen molar-refractivity contribution in [3.05, 3.63) is 22.3 Å². The molecule has 6 nitrogen and oxygen atoms in total. The predicted octanol–water partition coefficient (Wildman–Crippen LogP) is 0.900. The minimum absolute atomic E-state index is 0.00132. The largest absolute Gasteiger partial charge is 0.469 e. The molecule has 0 atom stereocenters. The number of Topliss-reactive ketones (excluding diaryl/α,β-unsaturated/α-hetero) is 2. The molecule has 0 unspecified atom stereocenters. The zero-order valence-corrected chi connectivity index (χ0v) is 10.6. The summed E-state index contributed by atoms with van der Waals surface area (Å²) in [6.45, 7) is 3.92. The molecule has 0 saturated heterocycles. The van der Waals surface area contributed by atoms with Crippen molar-refractivity contribution in [3.63, 3.8) is 0 Å². The molecule has 0 bridgehead atoms. The number of carbonyl (C=O) groups excluding carboxylic acids is 2. The Balaban J connectivity index is 3.04. The van der Waals surface area contributed by atoms with Crippen LogP contribution in [0.25, 0.3) is 0 Å². The van der Waals surface area contributed by atoms with Gasteiger partial charge < -0.3 is 9.79 Å². The molecule has 0 fully saturated rings. The van der Waals surface area contributed by atoms with E-state index in [0.717, 1.165) is 0 Å². The lowest BCUT2D eigenvalue weighted by molar-refractivity contribution is -0.116. The standard InChI is InChI=1S/C10H13O6P/c1-5-6(2)10(12)8(7(3)9(5)11)4-16-17(13,14)15/h4H2,1-3H3,(H2,13,14,15). The van der Waals surface area contributed by atoms with Gasteiger partial charge in [-0.15, -0.1) is 0 Å². The van der Waals surface area contributed by atoms with Crippen molar-refractivity contribution in [3.8, 4) is 0 Å². The highest BCUT2D eigenvalue weighted by molar-refractivity contribution is 7.46. The first-order chi connectivity index (χ1) is 7.65. The molecule has 0 spiro atoms. The van der Waals surface area contributed by atoms with Crippen LogP contribution in [0.4, 0.5) is 0 Å². The van der Waals surface area contributed by atoms with E-state index in [-0.39, 0.29) is 22.5 Å². The van der Waals surface area contributed by atoms with Gasteiger partial charge in [-0.25, -0.2) is 4.57 Å². The third-order valence-electron chi connectivity index (χ3n) is 2.69. The smallest absolute Gasteiger partial charge is 0.303 e. The highest BCUT2D eigenvalue weighted by Crippen LogP contribution is 2.37. The summed E-state index contributed by atoms with van der Waals surface area (Å²) in [7, 11) is -4.65. The van der Waals surface area contributed by atoms with Crippen LogP contribution >= 0.6 is 7.82 Å². The maximum absolute atomic E-state index is 11.8. The molecule has 1 aliphatic rings. The Kier molecular flexibility index (Phi) is 3.84. The second-order valence-corrected chi connectivity index (χ2v) is 5.02. The minimum atomic E-state index is -4.65. The van der Waals surface area contributed by atoms with Crippen molar-refractivity contribution in [1.82, 2.24) is 0 Å². The van der Waals surface area contributed by atoms with Gasteiger partial charge in [0.1, 0.15) is 0 Å². The van der Waals surface area contributed by atoms with Crippen molar-refractivity contribution in [2.24, 2.45) is 0 Å². The van der Waals surface area contributed by atoms with Gasteiger partial charge in [0.25, 0.3) is 0 Å². The normalized spacial score (nSPS) is 18.2. The maximum atomic E-state index is 11.8. The van der Waals surface area contributed by atoms with E-state index in [2.05, 4.69) is 4.52 Å². The fraction of sp³-hybridized carbons (Fsp3) is 0.400. The molecule has 0 aliphatic heterocycles. The number of ketones is 2. The van der Waals surface area contributed by atoms with E-state index in [1.54, 1.807) is 6.92 Å². The fourth-order valence-corrected chi connectivity index (χ4v) is 1.78. The molecular formula is C10H13O6P. The molecule has 0 saturated carbocycles. The van der Waals surface area contributed by atoms with E-state index in [1.807, 2.05) is 0 Å². The number of phosphoric ester groups is 1. The molecule has 0 aromatic carbocycles. The van der Waals surface area contributed by atoms with Crippen LogP contribution in [0.5, 0.6) is 0 Å². The Hall–Kier alpha value is -1.07. The monoisotopic (exact) mass is 260 g/mol. The van der Waals surface area contributed by atoms with Crippen molar-refractivity contribution in [2.45, 2.75) is 20.8 Å². The van der Waals surface area contributed by atoms with E-state index >= 15 is 0 Å². The molecule has 0 radical (unpaired) electrons. The van der Waals surface area contributed by atoms with Crippen molar-refractivity contribution >= 4 is 19.4 Å². The third-order valence-corrected chi connectivity index (χ3v) is 3.15. The third kappa shape index (κ3) is 2.98. The Morgan fingerprint density at radius 2 is 1.47 bits per heavy atom. The summed E-state index contributed by atoms with van der Waals surface area (Å²) in [5, 5.41) is 0. The summed E-state index contributed by atoms with van der Waals surface area (Å²) < 4.78 is 14.8. The van der Waals surface area contributed by atoms with Crippen LogP contribution in [0, 0.1) is 0 Å². The van der Waals surface area contributed by atoms with Crippen molar-refractivity contribution < 1.29 is 28.5 Å². The van der Waals surface area contributed by atoms with E-state index in [9.17, 15) is 14.2 Å². The number of hydrogen-bond acceptors (Lipinski definition) is 4. The predicted molar refractivity (Wildman–Crippen MR) is 59.1 cm³/mol. The van der Waals surface area contributed by atoms with Gasteiger partial charge in [-0.05, 0) is 20.8 Å². The highest BCUT2D eigenvalue weighted by atomic mass is 31.2. The summed E-state index contributed by atoms with van der Waals surface area (Å²) in [5.74, 6) is -0.709. The number of hydrogen-bond donors (Lipinski definition) is 2. The maximum Gasteiger partial charge on any atom is 0.469 e. The Morgan fingerprint density at radius 3 is 1.94 bits per heavy atom. The average Bonchev–Trinajstić information content (AvgIpc) is 2.22. The minimum Gasteiger partial charge on any atom is -0.303 e. The summed E-state index contributed by atoms with van der Waals surface area (Å²) in [6, 6.07) is 0. The molecule has 94 valence electrons. The van der Waals surface area contributed by atoms with Crippen LogP contribution in [0.15, 0.2) is 22.3 Å². The zero-order valence-electron chi connectivity index (χ0n) is 9.68. The van der Waals surface area contributed by atoms with E-state index in [0.29, 0.717) is 5.57 Å². The first kappa shape index (κ1) is 14.0. The molecule has 0 heterocycles. The second kappa shape index (κ2) is 4.66. The molecule has 1 rings (SSSR count). The topological polar surface area (TPSA) is 101 Å². The van der Waals surface area contributed by atoms with Gasteiger partial charge in [-0.1, -0.05) is 0 Å². The number of phosphoric acid groups is 1. The fourth-order valence-electron chi connectivity index (χ4n) is 1.48. The lowest BCUT2D eigenvalue weighted by Gasteiger charge is -2.18. The lowest BCUT2D eigenvalue weighted by Crippen LogP contribution is -2.23. The first-order valence-electron chi connectivity index (χ1n) is 4.82. The summed E-state index contributed by atoms with van der Waals surface area (Å²) in [4.78, 5) is 40.6. The SMILES string of the molecule is CC1=C(C)C(=O)C(COP(=O)(O)O)=C(C)C1=O. The summed E-state index contributed by atoms with van der Waals surface area (Å²) >= 11 is 0. The molecule has 0 aromatic rings. The van der Waals surface area contributed by atoms with Crippen LogP contribution < -0.4 is 0 Å². The first-order valence-corrected chi connectivity index (χ1v) is 6.35. The molecule has 0 aromatic heterocycles. The molecule has 17 heavy (non-hydrogen) atoms. The van der Waals surface area contributed by atoms with E-state index in [1.165, 1.54) is 13.8 Å². The Labute approximate surface area is 98.2 Å². The van der Waals surface area contributed by atoms with Crippen LogP contribution in [-0.2, 0) is 18.7 Å². The molecule has 7 heteroatoms. The van der Waals surface area contributed by atoms with Crippen LogP contribution in [0.2, 0.25) is 0 Å². The number of allylic oxidation sites excluding steroid dienone is 3. The zero-order chi connectivity index (χ0) is 13.4. The van der Waals surface area contributed by atoms with Crippen LogP contribution in [0.1, 0.15) is 20.8 Å². The quantitative estimate of drug-likeness (QED) is 0.577. The molecule has 1 aliphatic carbocycles. The van der Waals surface area contributed by atoms with Crippen LogP contribution in [-0.4, -0.2) is 28.0 Å². The van der Waals surface area contributed by atoms with Crippen LogP contribution in [0.3, 0.4) is 0 Å². The molecular weight excluding hydrogens is 247 g/mol. The summed E-state index contributed by atoms with van der Waals surface area (Å²) in [5.41, 5.74) is 0.810. The van der Waals surface area contributed by atoms with Gasteiger partial charge >= 0.3 is 7.82 Å². The number of rotatable bonds is 3. The Bertz CT molecular complexity index is 493. The second-order valence-electron chi connectivity index (χ2n) is 3.78. The lowest BCUT2D eigenvalue weighted by atomic mass is 9.86. The summed E-state index contributed by atoms with van der Waals surface area (Å²) in [6.07, 6.45) is 0. The van der Waals surface area contributed by atoms with Gasteiger partial charge in [-0.2, -0.15) is 0 Å². The van der Waals surface area contributed by atoms with E-state index < -0.39 is 20.2 Å². The van der Waals surface area contributed by atoms with Gasteiger partial charge in [0.05, 0.1) is 6.61 Å². The van der Waals surface area contributed by atoms with Gasteiger partial charge in [0.2, 0.25) is 0 Å². The highest BCUT2D eigenvalue weighted by Gasteiger charge is 2.29. The number of carbonyl (C=O) groups is 2. The van der Waals surface area contributed by atoms with Gasteiger partial charge in [0, 0.05) is 22.3 Å². The molecule has 2 N–H and O–H groups in total. The van der Waals surface area contributed by atoms with Gasteiger partial charge in [-0.3, -0.25) is 14.1 Å².